The average molecular weight is 558 g/mol. The average Bonchev–Trinajstić information content (AvgIpc) is 3.03. The molecule has 1 atom stereocenters. The Morgan fingerprint density at radius 3 is 2.17 bits per heavy atom. The fourth-order valence-corrected chi connectivity index (χ4v) is 4.31. The van der Waals surface area contributed by atoms with E-state index >= 15 is 0 Å². The van der Waals surface area contributed by atoms with Gasteiger partial charge in [0.05, 0.1) is 19.6 Å². The van der Waals surface area contributed by atoms with E-state index in [1.807, 2.05) is 72.8 Å². The molecule has 1 unspecified atom stereocenters. The van der Waals surface area contributed by atoms with E-state index < -0.39 is 6.10 Å². The molecule has 0 aliphatic heterocycles. The number of terminal acetylenes is 1. The Hall–Kier alpha value is -5.11. The number of rotatable bonds is 12. The van der Waals surface area contributed by atoms with Crippen LogP contribution in [0, 0.1) is 19.8 Å². The summed E-state index contributed by atoms with van der Waals surface area (Å²) in [6, 6.07) is 32.3. The van der Waals surface area contributed by atoms with Crippen molar-refractivity contribution < 1.29 is 14.3 Å². The summed E-state index contributed by atoms with van der Waals surface area (Å²) in [4.78, 5) is 13.0. The fourth-order valence-electron chi connectivity index (χ4n) is 4.31. The molecule has 4 heteroatoms. The maximum atomic E-state index is 13.0. The number of carbonyl (C=O) groups is 1. The summed E-state index contributed by atoms with van der Waals surface area (Å²) in [5, 5.41) is 4.79. The molecule has 0 saturated carbocycles. The summed E-state index contributed by atoms with van der Waals surface area (Å²) in [5.41, 5.74) is 5.04. The Kier molecular flexibility index (Phi) is 15.0. The first kappa shape index (κ1) is 33.1. The molecule has 0 aliphatic carbocycles. The van der Waals surface area contributed by atoms with Crippen molar-refractivity contribution in [1.29, 1.82) is 0 Å². The van der Waals surface area contributed by atoms with Crippen LogP contribution in [-0.4, -0.2) is 12.6 Å². The number of ether oxygens (including phenoxy) is 2. The van der Waals surface area contributed by atoms with Gasteiger partial charge in [-0.2, -0.15) is 0 Å². The maximum Gasteiger partial charge on any atom is 0.309 e. The first-order valence-electron chi connectivity index (χ1n) is 13.6. The lowest BCUT2D eigenvalue weighted by atomic mass is 9.89. The smallest absolute Gasteiger partial charge is 0.309 e. The fraction of sp³-hybridized carbons (Fsp3) is 0.132. The van der Waals surface area contributed by atoms with Crippen LogP contribution >= 0.6 is 0 Å². The summed E-state index contributed by atoms with van der Waals surface area (Å²) >= 11 is 0. The van der Waals surface area contributed by atoms with E-state index in [4.69, 9.17) is 9.47 Å². The molecule has 0 aromatic heterocycles. The second kappa shape index (κ2) is 19.0. The number of aryl methyl sites for hydroxylation is 1. The van der Waals surface area contributed by atoms with Crippen LogP contribution in [0.4, 0.5) is 0 Å². The number of hydrogen-bond acceptors (Lipinski definition) is 4. The van der Waals surface area contributed by atoms with Crippen LogP contribution in [0.5, 0.6) is 0 Å². The SMILES string of the molecule is C#C.C=C/C=C(\c1ccccc1C)C(OC(=O)CCOCc1ccccc1)c1cccc2ccccc12.C=CNC=C. The number of benzene rings is 4. The van der Waals surface area contributed by atoms with Crippen molar-refractivity contribution in [2.24, 2.45) is 0 Å². The van der Waals surface area contributed by atoms with Crippen molar-refractivity contribution in [1.82, 2.24) is 5.32 Å². The highest BCUT2D eigenvalue weighted by Gasteiger charge is 2.25. The minimum atomic E-state index is -0.582. The Morgan fingerprint density at radius 1 is 0.857 bits per heavy atom. The van der Waals surface area contributed by atoms with Gasteiger partial charge in [-0.25, -0.2) is 0 Å². The molecule has 4 aromatic rings. The number of hydrogen-bond donors (Lipinski definition) is 1. The van der Waals surface area contributed by atoms with E-state index in [1.54, 1.807) is 18.5 Å². The molecule has 0 aliphatic rings. The summed E-state index contributed by atoms with van der Waals surface area (Å²) < 4.78 is 11.9. The summed E-state index contributed by atoms with van der Waals surface area (Å²) in [6.45, 7) is 13.5. The lowest BCUT2D eigenvalue weighted by Gasteiger charge is -2.24. The normalized spacial score (nSPS) is 11.0. The molecule has 42 heavy (non-hydrogen) atoms. The van der Waals surface area contributed by atoms with Crippen LogP contribution in [0.2, 0.25) is 0 Å². The van der Waals surface area contributed by atoms with Gasteiger partial charge in [0.2, 0.25) is 0 Å². The summed E-state index contributed by atoms with van der Waals surface area (Å²) in [7, 11) is 0. The van der Waals surface area contributed by atoms with Crippen molar-refractivity contribution in [3.8, 4) is 12.8 Å². The first-order valence-corrected chi connectivity index (χ1v) is 13.6. The molecule has 4 nitrogen and oxygen atoms in total. The zero-order valence-corrected chi connectivity index (χ0v) is 24.2. The van der Waals surface area contributed by atoms with Crippen LogP contribution in [-0.2, 0) is 20.9 Å². The zero-order valence-electron chi connectivity index (χ0n) is 24.2. The molecule has 0 saturated heterocycles. The molecule has 0 bridgehead atoms. The van der Waals surface area contributed by atoms with Crippen molar-refractivity contribution in [3.05, 3.63) is 164 Å². The number of nitrogens with one attached hydrogen (secondary N) is 1. The molecule has 0 spiro atoms. The Balaban J connectivity index is 0.000000797. The Labute approximate surface area is 250 Å². The third kappa shape index (κ3) is 10.1. The molecule has 0 heterocycles. The molecular formula is C38H39NO3. The largest absolute Gasteiger partial charge is 0.452 e. The standard InChI is InChI=1S/C32H30O3.C4H7N.C2H2/c1-3-12-29(27-18-9-7-13-24(27)2)32(30-20-11-17-26-16-8-10-19-28(26)30)35-31(33)21-22-34-23-25-14-5-4-6-15-25;1-3-5-4-2;1-2/h3-20,32H,1,21-23H2,2H3;3-5H,1-2H2;1-2H/b29-12+;;. The predicted octanol–water partition coefficient (Wildman–Crippen LogP) is 8.72. The van der Waals surface area contributed by atoms with Crippen LogP contribution in [0.15, 0.2) is 141 Å². The number of fused-ring (bicyclic) bond motifs is 1. The van der Waals surface area contributed by atoms with E-state index in [2.05, 4.69) is 75.2 Å². The third-order valence-corrected chi connectivity index (χ3v) is 6.19. The lowest BCUT2D eigenvalue weighted by Crippen LogP contribution is -2.16. The van der Waals surface area contributed by atoms with Gasteiger partial charge in [0.15, 0.2) is 6.10 Å². The van der Waals surface area contributed by atoms with Gasteiger partial charge in [0, 0.05) is 11.1 Å². The second-order valence-corrected chi connectivity index (χ2v) is 8.97. The molecule has 0 fully saturated rings. The van der Waals surface area contributed by atoms with Crippen LogP contribution in [0.25, 0.3) is 16.3 Å². The first-order chi connectivity index (χ1) is 20.6. The van der Waals surface area contributed by atoms with Gasteiger partial charge in [-0.15, -0.1) is 12.8 Å². The highest BCUT2D eigenvalue weighted by molar-refractivity contribution is 5.89. The summed E-state index contributed by atoms with van der Waals surface area (Å²) in [6.07, 6.45) is 14.4. The molecule has 214 valence electrons. The topological polar surface area (TPSA) is 47.6 Å². The monoisotopic (exact) mass is 557 g/mol. The van der Waals surface area contributed by atoms with Crippen molar-refractivity contribution >= 4 is 22.3 Å². The van der Waals surface area contributed by atoms with Crippen molar-refractivity contribution in [2.75, 3.05) is 6.61 Å². The van der Waals surface area contributed by atoms with Gasteiger partial charge >= 0.3 is 5.97 Å². The Morgan fingerprint density at radius 2 is 1.50 bits per heavy atom. The van der Waals surface area contributed by atoms with Crippen molar-refractivity contribution in [2.45, 2.75) is 26.1 Å². The quantitative estimate of drug-likeness (QED) is 0.0819. The summed E-state index contributed by atoms with van der Waals surface area (Å²) in [5.74, 6) is -0.306. The van der Waals surface area contributed by atoms with Crippen molar-refractivity contribution in [3.63, 3.8) is 0 Å². The minimum absolute atomic E-state index is 0.170. The Bertz CT molecular complexity index is 1470. The molecule has 1 N–H and O–H groups in total. The van der Waals surface area contributed by atoms with E-state index in [1.165, 1.54) is 0 Å². The van der Waals surface area contributed by atoms with Crippen LogP contribution in [0.3, 0.4) is 0 Å². The van der Waals surface area contributed by atoms with E-state index in [0.29, 0.717) is 13.2 Å². The van der Waals surface area contributed by atoms with Gasteiger partial charge in [-0.05, 0) is 46.8 Å². The van der Waals surface area contributed by atoms with Gasteiger partial charge in [-0.3, -0.25) is 4.79 Å². The minimum Gasteiger partial charge on any atom is -0.452 e. The lowest BCUT2D eigenvalue weighted by molar-refractivity contribution is -0.148. The van der Waals surface area contributed by atoms with E-state index in [-0.39, 0.29) is 12.4 Å². The molecule has 4 aromatic carbocycles. The highest BCUT2D eigenvalue weighted by Crippen LogP contribution is 2.38. The van der Waals surface area contributed by atoms with Crippen LogP contribution < -0.4 is 5.32 Å². The molecule has 0 amide bonds. The number of esters is 1. The number of allylic oxidation sites excluding steroid dienone is 2. The van der Waals surface area contributed by atoms with Gasteiger partial charge in [0.25, 0.3) is 0 Å². The maximum absolute atomic E-state index is 13.0. The van der Waals surface area contributed by atoms with E-state index in [0.717, 1.165) is 38.6 Å². The molecular weight excluding hydrogens is 518 g/mol. The number of carbonyl (C=O) groups excluding carboxylic acids is 1. The highest BCUT2D eigenvalue weighted by atomic mass is 16.5. The van der Waals surface area contributed by atoms with Gasteiger partial charge in [0.1, 0.15) is 0 Å². The molecule has 0 radical (unpaired) electrons. The van der Waals surface area contributed by atoms with Crippen LogP contribution in [0.1, 0.15) is 34.8 Å². The van der Waals surface area contributed by atoms with Gasteiger partial charge in [-0.1, -0.05) is 129 Å². The van der Waals surface area contributed by atoms with Gasteiger partial charge < -0.3 is 14.8 Å². The predicted molar refractivity (Wildman–Crippen MR) is 176 cm³/mol. The third-order valence-electron chi connectivity index (χ3n) is 6.19. The molecule has 4 rings (SSSR count). The zero-order chi connectivity index (χ0) is 30.6. The van der Waals surface area contributed by atoms with E-state index in [9.17, 15) is 4.79 Å². The second-order valence-electron chi connectivity index (χ2n) is 8.97.